The summed E-state index contributed by atoms with van der Waals surface area (Å²) in [5, 5.41) is 1.18. The second-order valence-electron chi connectivity index (χ2n) is 3.46. The molecule has 0 saturated carbocycles. The molecule has 0 aliphatic heterocycles. The minimum Gasteiger partial charge on any atom is -0.293 e. The van der Waals surface area contributed by atoms with Crippen LogP contribution in [0.5, 0.6) is 0 Å². The van der Waals surface area contributed by atoms with Crippen molar-refractivity contribution in [3.63, 3.8) is 0 Å². The molecule has 0 saturated heterocycles. The number of benzene rings is 1. The fourth-order valence-electron chi connectivity index (χ4n) is 1.48. The minimum absolute atomic E-state index is 0.0739. The van der Waals surface area contributed by atoms with Gasteiger partial charge in [-0.3, -0.25) is 9.36 Å². The van der Waals surface area contributed by atoms with E-state index >= 15 is 0 Å². The summed E-state index contributed by atoms with van der Waals surface area (Å²) in [6, 6.07) is 7.35. The number of rotatable bonds is 1. The molecule has 0 N–H and O–H groups in total. The zero-order valence-corrected chi connectivity index (χ0v) is 10.1. The Hall–Kier alpha value is -1.25. The standard InChI is InChI=1S/C12H9Cl2NO/c1-8(16)15-6-11(12(14)7-15)9-3-2-4-10(13)5-9/h2-7H,1H3. The molecular weight excluding hydrogens is 245 g/mol. The number of nitrogens with zero attached hydrogens (tertiary/aromatic N) is 1. The van der Waals surface area contributed by atoms with Gasteiger partial charge in [-0.25, -0.2) is 0 Å². The van der Waals surface area contributed by atoms with Gasteiger partial charge in [0.1, 0.15) is 0 Å². The molecule has 0 amide bonds. The maximum absolute atomic E-state index is 11.2. The summed E-state index contributed by atoms with van der Waals surface area (Å²) in [5.74, 6) is -0.0739. The summed E-state index contributed by atoms with van der Waals surface area (Å²) in [6.45, 7) is 1.48. The van der Waals surface area contributed by atoms with Crippen molar-refractivity contribution < 1.29 is 4.79 Å². The van der Waals surface area contributed by atoms with Crippen LogP contribution >= 0.6 is 23.2 Å². The fourth-order valence-corrected chi connectivity index (χ4v) is 1.93. The first kappa shape index (κ1) is 11.2. The highest BCUT2D eigenvalue weighted by Gasteiger charge is 2.09. The average Bonchev–Trinajstić information content (AvgIpc) is 2.60. The molecule has 0 radical (unpaired) electrons. The maximum atomic E-state index is 11.2. The minimum atomic E-state index is -0.0739. The smallest absolute Gasteiger partial charge is 0.227 e. The topological polar surface area (TPSA) is 22.0 Å². The van der Waals surface area contributed by atoms with Gasteiger partial charge in [0.15, 0.2) is 0 Å². The maximum Gasteiger partial charge on any atom is 0.227 e. The molecule has 1 aromatic carbocycles. The van der Waals surface area contributed by atoms with Gasteiger partial charge in [0.2, 0.25) is 5.91 Å². The molecule has 82 valence electrons. The van der Waals surface area contributed by atoms with E-state index in [4.69, 9.17) is 23.2 Å². The van der Waals surface area contributed by atoms with Gasteiger partial charge < -0.3 is 0 Å². The molecule has 0 unspecified atom stereocenters. The van der Waals surface area contributed by atoms with Crippen LogP contribution in [0.3, 0.4) is 0 Å². The fraction of sp³-hybridized carbons (Fsp3) is 0.0833. The van der Waals surface area contributed by atoms with E-state index in [0.717, 1.165) is 11.1 Å². The molecule has 0 spiro atoms. The second kappa shape index (κ2) is 4.32. The van der Waals surface area contributed by atoms with Crippen LogP contribution in [0.15, 0.2) is 36.7 Å². The lowest BCUT2D eigenvalue weighted by Crippen LogP contribution is -2.00. The molecule has 0 fully saturated rings. The van der Waals surface area contributed by atoms with E-state index in [9.17, 15) is 4.79 Å². The van der Waals surface area contributed by atoms with E-state index in [1.165, 1.54) is 11.5 Å². The highest BCUT2D eigenvalue weighted by atomic mass is 35.5. The first-order valence-electron chi connectivity index (χ1n) is 4.72. The molecule has 2 nitrogen and oxygen atoms in total. The van der Waals surface area contributed by atoms with E-state index in [1.54, 1.807) is 18.5 Å². The molecule has 2 aromatic rings. The number of hydrogen-bond donors (Lipinski definition) is 0. The van der Waals surface area contributed by atoms with Crippen molar-refractivity contribution in [3.8, 4) is 11.1 Å². The Bertz CT molecular complexity index is 546. The Balaban J connectivity index is 2.52. The molecule has 16 heavy (non-hydrogen) atoms. The van der Waals surface area contributed by atoms with Gasteiger partial charge in [0.05, 0.1) is 5.02 Å². The average molecular weight is 254 g/mol. The van der Waals surface area contributed by atoms with Crippen LogP contribution in [-0.2, 0) is 0 Å². The van der Waals surface area contributed by atoms with Crippen molar-refractivity contribution in [1.82, 2.24) is 4.57 Å². The molecule has 2 rings (SSSR count). The first-order valence-corrected chi connectivity index (χ1v) is 5.48. The van der Waals surface area contributed by atoms with Crippen LogP contribution in [-0.4, -0.2) is 10.5 Å². The van der Waals surface area contributed by atoms with Crippen LogP contribution < -0.4 is 0 Å². The molecule has 1 heterocycles. The van der Waals surface area contributed by atoms with Crippen LogP contribution in [0.1, 0.15) is 11.7 Å². The Morgan fingerprint density at radius 1 is 1.25 bits per heavy atom. The number of carbonyl (C=O) groups is 1. The van der Waals surface area contributed by atoms with Crippen molar-refractivity contribution in [2.75, 3.05) is 0 Å². The monoisotopic (exact) mass is 253 g/mol. The molecule has 0 bridgehead atoms. The van der Waals surface area contributed by atoms with Gasteiger partial charge in [0.25, 0.3) is 0 Å². The van der Waals surface area contributed by atoms with Gasteiger partial charge in [0, 0.05) is 29.9 Å². The van der Waals surface area contributed by atoms with Gasteiger partial charge in [-0.05, 0) is 17.7 Å². The largest absolute Gasteiger partial charge is 0.293 e. The molecule has 0 aliphatic rings. The predicted octanol–water partition coefficient (Wildman–Crippen LogP) is 4.12. The molecule has 4 heteroatoms. The lowest BCUT2D eigenvalue weighted by molar-refractivity contribution is 0.0937. The first-order chi connectivity index (χ1) is 7.58. The number of carbonyl (C=O) groups excluding carboxylic acids is 1. The summed E-state index contributed by atoms with van der Waals surface area (Å²) in [5.41, 5.74) is 1.71. The van der Waals surface area contributed by atoms with E-state index in [0.29, 0.717) is 10.0 Å². The van der Waals surface area contributed by atoms with Gasteiger partial charge in [-0.2, -0.15) is 0 Å². The predicted molar refractivity (Wildman–Crippen MR) is 66.2 cm³/mol. The summed E-state index contributed by atoms with van der Waals surface area (Å²) >= 11 is 12.0. The lowest BCUT2D eigenvalue weighted by Gasteiger charge is -1.99. The summed E-state index contributed by atoms with van der Waals surface area (Å²) in [6.07, 6.45) is 3.30. The van der Waals surface area contributed by atoms with Crippen LogP contribution in [0.4, 0.5) is 0 Å². The molecule has 1 aromatic heterocycles. The third-order valence-corrected chi connectivity index (χ3v) is 2.81. The summed E-state index contributed by atoms with van der Waals surface area (Å²) < 4.78 is 1.46. The number of halogens is 2. The molecular formula is C12H9Cl2NO. The van der Waals surface area contributed by atoms with Crippen molar-refractivity contribution >= 4 is 29.1 Å². The Morgan fingerprint density at radius 3 is 2.56 bits per heavy atom. The zero-order valence-electron chi connectivity index (χ0n) is 8.58. The summed E-state index contributed by atoms with van der Waals surface area (Å²) in [7, 11) is 0. The van der Waals surface area contributed by atoms with Crippen LogP contribution in [0.2, 0.25) is 10.0 Å². The van der Waals surface area contributed by atoms with E-state index < -0.39 is 0 Å². The Kier molecular flexibility index (Phi) is 3.03. The highest BCUT2D eigenvalue weighted by molar-refractivity contribution is 6.34. The summed E-state index contributed by atoms with van der Waals surface area (Å²) in [4.78, 5) is 11.2. The normalized spacial score (nSPS) is 10.4. The van der Waals surface area contributed by atoms with E-state index in [1.807, 2.05) is 18.2 Å². The Labute approximate surface area is 103 Å². The van der Waals surface area contributed by atoms with Crippen LogP contribution in [0.25, 0.3) is 11.1 Å². The van der Waals surface area contributed by atoms with Gasteiger partial charge >= 0.3 is 0 Å². The molecule has 0 aliphatic carbocycles. The van der Waals surface area contributed by atoms with Crippen molar-refractivity contribution in [2.45, 2.75) is 6.92 Å². The van der Waals surface area contributed by atoms with Crippen molar-refractivity contribution in [3.05, 3.63) is 46.7 Å². The van der Waals surface area contributed by atoms with Gasteiger partial charge in [-0.1, -0.05) is 35.3 Å². The Morgan fingerprint density at radius 2 is 2.00 bits per heavy atom. The SMILES string of the molecule is CC(=O)n1cc(Cl)c(-c2cccc(Cl)c2)c1. The van der Waals surface area contributed by atoms with E-state index in [2.05, 4.69) is 0 Å². The van der Waals surface area contributed by atoms with Gasteiger partial charge in [-0.15, -0.1) is 0 Å². The van der Waals surface area contributed by atoms with E-state index in [-0.39, 0.29) is 5.91 Å². The third-order valence-electron chi connectivity index (χ3n) is 2.28. The zero-order chi connectivity index (χ0) is 11.7. The second-order valence-corrected chi connectivity index (χ2v) is 4.30. The number of aromatic nitrogens is 1. The highest BCUT2D eigenvalue weighted by Crippen LogP contribution is 2.30. The van der Waals surface area contributed by atoms with Crippen molar-refractivity contribution in [2.24, 2.45) is 0 Å². The van der Waals surface area contributed by atoms with Crippen molar-refractivity contribution in [1.29, 1.82) is 0 Å². The lowest BCUT2D eigenvalue weighted by atomic mass is 10.1. The number of hydrogen-bond acceptors (Lipinski definition) is 1. The quantitative estimate of drug-likeness (QED) is 0.750. The van der Waals surface area contributed by atoms with Crippen LogP contribution in [0, 0.1) is 0 Å². The third kappa shape index (κ3) is 2.13. The molecule has 0 atom stereocenters.